The van der Waals surface area contributed by atoms with E-state index in [1.54, 1.807) is 48.1 Å². The van der Waals surface area contributed by atoms with Crippen molar-refractivity contribution < 1.29 is 19.1 Å². The molecule has 0 spiro atoms. The number of halogens is 2. The van der Waals surface area contributed by atoms with Gasteiger partial charge in [0.2, 0.25) is 5.91 Å². The molecule has 10 heteroatoms. The summed E-state index contributed by atoms with van der Waals surface area (Å²) in [6.45, 7) is 1.86. The summed E-state index contributed by atoms with van der Waals surface area (Å²) in [6.07, 6.45) is 0. The number of carbonyl (C=O) groups excluding carboxylic acids is 2. The van der Waals surface area contributed by atoms with Gasteiger partial charge in [-0.05, 0) is 42.8 Å². The number of carbonyl (C=O) groups is 2. The van der Waals surface area contributed by atoms with Gasteiger partial charge in [0.05, 0.1) is 30.0 Å². The van der Waals surface area contributed by atoms with E-state index in [0.717, 1.165) is 16.8 Å². The normalized spacial score (nSPS) is 17.2. The molecule has 172 valence electrons. The molecule has 1 aromatic heterocycles. The zero-order valence-corrected chi connectivity index (χ0v) is 19.9. The van der Waals surface area contributed by atoms with Gasteiger partial charge in [0.1, 0.15) is 11.9 Å². The van der Waals surface area contributed by atoms with Crippen molar-refractivity contribution in [1.82, 2.24) is 15.1 Å². The van der Waals surface area contributed by atoms with Crippen LogP contribution in [0.4, 0.5) is 5.82 Å². The molecule has 0 aliphatic carbocycles. The summed E-state index contributed by atoms with van der Waals surface area (Å²) in [5.41, 5.74) is 2.58. The van der Waals surface area contributed by atoms with Crippen LogP contribution < -0.4 is 20.1 Å². The Hall–Kier alpha value is -3.23. The Labute approximate surface area is 200 Å². The fourth-order valence-corrected chi connectivity index (χ4v) is 4.43. The molecule has 2 heterocycles. The minimum Gasteiger partial charge on any atom is -0.493 e. The maximum atomic E-state index is 13.2. The number of ether oxygens (including phenoxy) is 2. The Balaban J connectivity index is 1.77. The number of fused-ring (bicyclic) bond motifs is 1. The van der Waals surface area contributed by atoms with Crippen LogP contribution in [0.15, 0.2) is 36.4 Å². The third-order valence-corrected chi connectivity index (χ3v) is 6.41. The first-order valence-electron chi connectivity index (χ1n) is 10.1. The van der Waals surface area contributed by atoms with E-state index in [9.17, 15) is 9.59 Å². The van der Waals surface area contributed by atoms with E-state index in [0.29, 0.717) is 32.9 Å². The number of nitrogens with one attached hydrogen (secondary N) is 2. The van der Waals surface area contributed by atoms with Gasteiger partial charge in [-0.2, -0.15) is 5.10 Å². The molecule has 0 unspecified atom stereocenters. The number of hydrogen-bond acceptors (Lipinski definition) is 5. The number of benzene rings is 2. The molecular weight excluding hydrogens is 467 g/mol. The number of rotatable bonds is 5. The third-order valence-electron chi connectivity index (χ3n) is 5.67. The lowest BCUT2D eigenvalue weighted by molar-refractivity contribution is -0.118. The van der Waals surface area contributed by atoms with E-state index >= 15 is 0 Å². The number of aromatic nitrogens is 2. The highest BCUT2D eigenvalue weighted by Crippen LogP contribution is 2.41. The molecule has 3 aromatic rings. The quantitative estimate of drug-likeness (QED) is 0.567. The molecule has 1 aliphatic heterocycles. The van der Waals surface area contributed by atoms with E-state index in [2.05, 4.69) is 15.7 Å². The lowest BCUT2D eigenvalue weighted by atomic mass is 9.82. The number of methoxy groups -OCH3 is 2. The Morgan fingerprint density at radius 2 is 1.82 bits per heavy atom. The second-order valence-electron chi connectivity index (χ2n) is 7.63. The molecule has 2 N–H and O–H groups in total. The van der Waals surface area contributed by atoms with E-state index in [4.69, 9.17) is 32.7 Å². The van der Waals surface area contributed by atoms with Crippen LogP contribution in [0.25, 0.3) is 0 Å². The zero-order chi connectivity index (χ0) is 23.9. The molecule has 0 radical (unpaired) electrons. The van der Waals surface area contributed by atoms with Crippen LogP contribution in [0.1, 0.15) is 33.1 Å². The number of amides is 2. The van der Waals surface area contributed by atoms with Crippen LogP contribution >= 0.6 is 23.2 Å². The minimum atomic E-state index is -0.918. The van der Waals surface area contributed by atoms with Gasteiger partial charge < -0.3 is 20.1 Å². The lowest BCUT2D eigenvalue weighted by Crippen LogP contribution is -2.50. The number of anilines is 1. The Morgan fingerprint density at radius 1 is 1.09 bits per heavy atom. The third kappa shape index (κ3) is 4.12. The van der Waals surface area contributed by atoms with E-state index in [1.807, 2.05) is 6.92 Å². The summed E-state index contributed by atoms with van der Waals surface area (Å²) in [5.74, 6) is 0.145. The minimum absolute atomic E-state index is 0.321. The van der Waals surface area contributed by atoms with Gasteiger partial charge in [-0.15, -0.1) is 0 Å². The van der Waals surface area contributed by atoms with E-state index in [1.165, 1.54) is 14.2 Å². The highest BCUT2D eigenvalue weighted by molar-refractivity contribution is 6.42. The Kier molecular flexibility index (Phi) is 6.23. The predicted molar refractivity (Wildman–Crippen MR) is 126 cm³/mol. The number of hydrogen-bond donors (Lipinski definition) is 2. The molecule has 0 saturated carbocycles. The van der Waals surface area contributed by atoms with Crippen LogP contribution in [-0.2, 0) is 11.8 Å². The molecule has 0 bridgehead atoms. The fraction of sp³-hybridized carbons (Fsp3) is 0.261. The molecule has 2 amide bonds. The van der Waals surface area contributed by atoms with Crippen molar-refractivity contribution in [2.24, 2.45) is 7.05 Å². The lowest BCUT2D eigenvalue weighted by Gasteiger charge is -2.32. The maximum absolute atomic E-state index is 13.2. The van der Waals surface area contributed by atoms with Crippen LogP contribution in [0.2, 0.25) is 10.0 Å². The van der Waals surface area contributed by atoms with Crippen molar-refractivity contribution in [1.29, 1.82) is 0 Å². The van der Waals surface area contributed by atoms with Crippen LogP contribution in [0.3, 0.4) is 0 Å². The fourth-order valence-electron chi connectivity index (χ4n) is 4.12. The van der Waals surface area contributed by atoms with Gasteiger partial charge in [-0.3, -0.25) is 14.3 Å². The van der Waals surface area contributed by atoms with Gasteiger partial charge >= 0.3 is 0 Å². The molecule has 2 aromatic carbocycles. The summed E-state index contributed by atoms with van der Waals surface area (Å²) in [6, 6.07) is 9.05. The topological polar surface area (TPSA) is 94.5 Å². The number of aryl methyl sites for hydroxylation is 2. The summed E-state index contributed by atoms with van der Waals surface area (Å²) in [7, 11) is 4.75. The van der Waals surface area contributed by atoms with Gasteiger partial charge in [0.15, 0.2) is 11.5 Å². The van der Waals surface area contributed by atoms with Crippen LogP contribution in [0, 0.1) is 6.92 Å². The zero-order valence-electron chi connectivity index (χ0n) is 18.4. The van der Waals surface area contributed by atoms with Crippen molar-refractivity contribution in [2.75, 3.05) is 19.5 Å². The summed E-state index contributed by atoms with van der Waals surface area (Å²) >= 11 is 12.4. The highest BCUT2D eigenvalue weighted by Gasteiger charge is 2.41. The van der Waals surface area contributed by atoms with Crippen molar-refractivity contribution in [3.8, 4) is 11.5 Å². The first kappa shape index (κ1) is 22.9. The molecule has 2 atom stereocenters. The molecular formula is C23H22Cl2N4O4. The highest BCUT2D eigenvalue weighted by atomic mass is 35.5. The van der Waals surface area contributed by atoms with Gasteiger partial charge in [-0.25, -0.2) is 0 Å². The first-order valence-corrected chi connectivity index (χ1v) is 10.8. The Bertz CT molecular complexity index is 1260. The van der Waals surface area contributed by atoms with Gasteiger partial charge in [0, 0.05) is 24.1 Å². The van der Waals surface area contributed by atoms with Gasteiger partial charge in [-0.1, -0.05) is 29.3 Å². The molecule has 1 aliphatic rings. The van der Waals surface area contributed by atoms with Crippen molar-refractivity contribution in [2.45, 2.75) is 18.9 Å². The van der Waals surface area contributed by atoms with Crippen LogP contribution in [-0.4, -0.2) is 41.9 Å². The second kappa shape index (κ2) is 8.96. The summed E-state index contributed by atoms with van der Waals surface area (Å²) in [5, 5.41) is 10.9. The number of nitrogens with zero attached hydrogens (tertiary/aromatic N) is 2. The Morgan fingerprint density at radius 3 is 2.48 bits per heavy atom. The largest absolute Gasteiger partial charge is 0.493 e. The average Bonchev–Trinajstić information content (AvgIpc) is 3.08. The monoisotopic (exact) mass is 488 g/mol. The summed E-state index contributed by atoms with van der Waals surface area (Å²) < 4.78 is 12.1. The van der Waals surface area contributed by atoms with Crippen LogP contribution in [0.5, 0.6) is 11.5 Å². The molecule has 33 heavy (non-hydrogen) atoms. The molecule has 4 rings (SSSR count). The smallest absolute Gasteiger partial charge is 0.252 e. The SMILES string of the molecule is COc1ccc(C(=O)N[C@@H]2C(=O)Nc3c(c(C)nn3C)[C@H]2c2ccc(Cl)c(Cl)c2)cc1OC. The van der Waals surface area contributed by atoms with Crippen molar-refractivity contribution in [3.63, 3.8) is 0 Å². The van der Waals surface area contributed by atoms with Gasteiger partial charge in [0.25, 0.3) is 5.91 Å². The average molecular weight is 489 g/mol. The van der Waals surface area contributed by atoms with Crippen molar-refractivity contribution >= 4 is 40.8 Å². The predicted octanol–water partition coefficient (Wildman–Crippen LogP) is 3.94. The molecule has 0 saturated heterocycles. The second-order valence-corrected chi connectivity index (χ2v) is 8.45. The first-order chi connectivity index (χ1) is 15.7. The standard InChI is InChI=1S/C23H22Cl2N4O4/c1-11-18-19(12-5-7-14(24)15(25)9-12)20(23(31)27-21(18)29(2)28-11)26-22(30)13-6-8-16(32-3)17(10-13)33-4/h5-10,19-20H,1-4H3,(H,26,30)(H,27,31)/t19-,20+/m1/s1. The van der Waals surface area contributed by atoms with E-state index < -0.39 is 17.9 Å². The molecule has 8 nitrogen and oxygen atoms in total. The summed E-state index contributed by atoms with van der Waals surface area (Å²) in [4.78, 5) is 26.3. The van der Waals surface area contributed by atoms with E-state index in [-0.39, 0.29) is 5.91 Å². The molecule has 0 fully saturated rings. The maximum Gasteiger partial charge on any atom is 0.252 e. The van der Waals surface area contributed by atoms with Crippen molar-refractivity contribution in [3.05, 3.63) is 68.8 Å².